The van der Waals surface area contributed by atoms with E-state index in [0.29, 0.717) is 0 Å². The molecule has 1 heterocycles. The number of hydrogen-bond acceptors (Lipinski definition) is 7. The van der Waals surface area contributed by atoms with Gasteiger partial charge in [-0.2, -0.15) is 9.36 Å². The molecular weight excluding hydrogens is 299 g/mol. The fourth-order valence-corrected chi connectivity index (χ4v) is 2.17. The molecule has 0 aliphatic heterocycles. The Bertz CT molecular complexity index is 446. The third-order valence-electron chi connectivity index (χ3n) is 2.43. The van der Waals surface area contributed by atoms with Crippen LogP contribution in [0.5, 0.6) is 0 Å². The van der Waals surface area contributed by atoms with Crippen LogP contribution in [0.3, 0.4) is 0 Å². The molecule has 0 unspecified atom stereocenters. The van der Waals surface area contributed by atoms with E-state index in [2.05, 4.69) is 14.5 Å². The van der Waals surface area contributed by atoms with Gasteiger partial charge in [-0.3, -0.25) is 4.79 Å². The zero-order valence-electron chi connectivity index (χ0n) is 9.34. The summed E-state index contributed by atoms with van der Waals surface area (Å²) < 4.78 is 3.87. The van der Waals surface area contributed by atoms with Crippen molar-refractivity contribution in [1.29, 1.82) is 0 Å². The minimum Gasteiger partial charge on any atom is -0.392 e. The summed E-state index contributed by atoms with van der Waals surface area (Å²) in [5.41, 5.74) is 5.34. The number of rotatable bonds is 4. The number of halogens is 2. The molecular formula is C9H12Cl2N4O2S. The minimum absolute atomic E-state index is 0. The molecule has 0 atom stereocenters. The van der Waals surface area contributed by atoms with Gasteiger partial charge in [-0.15, -0.1) is 12.4 Å². The summed E-state index contributed by atoms with van der Waals surface area (Å²) in [5.74, 6) is 0.116. The molecule has 1 saturated carbocycles. The first-order valence-corrected chi connectivity index (χ1v) is 6.35. The lowest BCUT2D eigenvalue weighted by molar-refractivity contribution is -0.106. The highest BCUT2D eigenvalue weighted by Crippen LogP contribution is 2.21. The van der Waals surface area contributed by atoms with E-state index in [4.69, 9.17) is 22.2 Å². The van der Waals surface area contributed by atoms with E-state index >= 15 is 0 Å². The Morgan fingerprint density at radius 2 is 2.17 bits per heavy atom. The summed E-state index contributed by atoms with van der Waals surface area (Å²) in [6.07, 6.45) is 4.18. The number of hydrogen-bond donors (Lipinski definition) is 1. The van der Waals surface area contributed by atoms with Crippen molar-refractivity contribution >= 4 is 51.6 Å². The molecule has 0 spiro atoms. The van der Waals surface area contributed by atoms with Gasteiger partial charge in [-0.1, -0.05) is 5.16 Å². The van der Waals surface area contributed by atoms with Gasteiger partial charge in [0.05, 0.1) is 0 Å². The van der Waals surface area contributed by atoms with Crippen LogP contribution in [0, 0.1) is 0 Å². The van der Waals surface area contributed by atoms with Gasteiger partial charge < -0.3 is 10.6 Å². The first kappa shape index (κ1) is 15.1. The molecule has 0 bridgehead atoms. The summed E-state index contributed by atoms with van der Waals surface area (Å²) in [6, 6.07) is 0. The Balaban J connectivity index is 0.00000162. The van der Waals surface area contributed by atoms with Crippen molar-refractivity contribution < 1.29 is 9.63 Å². The standard InChI is InChI=1S/C9H11ClN4O2S.ClH/c10-7(15)6(8-12-9(11)17-14-8)13-16-5-3-1-2-4-5;/h5H,1-4H2,(H2,11,12,14);1H. The average molecular weight is 311 g/mol. The number of nitrogens with zero attached hydrogens (tertiary/aromatic N) is 3. The SMILES string of the molecule is Cl.Nc1nc(C(=NOC2CCCC2)C(=O)Cl)ns1. The molecule has 1 aromatic heterocycles. The van der Waals surface area contributed by atoms with Gasteiger partial charge in [0.25, 0.3) is 5.24 Å². The molecule has 0 amide bonds. The predicted molar refractivity (Wildman–Crippen MR) is 72.3 cm³/mol. The number of oxime groups is 1. The Morgan fingerprint density at radius 1 is 1.50 bits per heavy atom. The number of carbonyl (C=O) groups excluding carboxylic acids is 1. The van der Waals surface area contributed by atoms with Crippen LogP contribution in [0.25, 0.3) is 0 Å². The maximum absolute atomic E-state index is 11.2. The lowest BCUT2D eigenvalue weighted by Gasteiger charge is -2.06. The molecule has 9 heteroatoms. The van der Waals surface area contributed by atoms with E-state index < -0.39 is 5.24 Å². The molecule has 100 valence electrons. The number of aromatic nitrogens is 2. The summed E-state index contributed by atoms with van der Waals surface area (Å²) in [5, 5.41) is 3.26. The van der Waals surface area contributed by atoms with Crippen LogP contribution >= 0.6 is 35.5 Å². The first-order valence-electron chi connectivity index (χ1n) is 5.20. The molecule has 2 N–H and O–H groups in total. The highest BCUT2D eigenvalue weighted by molar-refractivity contribution is 7.09. The number of nitrogens with two attached hydrogens (primary N) is 1. The van der Waals surface area contributed by atoms with Crippen molar-refractivity contribution in [2.24, 2.45) is 5.16 Å². The minimum atomic E-state index is -0.749. The fourth-order valence-electron chi connectivity index (χ4n) is 1.62. The molecule has 0 radical (unpaired) electrons. The van der Waals surface area contributed by atoms with E-state index in [1.165, 1.54) is 0 Å². The Kier molecular flexibility index (Phi) is 5.77. The lowest BCUT2D eigenvalue weighted by atomic mass is 10.3. The zero-order valence-corrected chi connectivity index (χ0v) is 11.7. The second-order valence-electron chi connectivity index (χ2n) is 3.68. The van der Waals surface area contributed by atoms with Crippen LogP contribution < -0.4 is 5.73 Å². The average Bonchev–Trinajstić information content (AvgIpc) is 2.90. The summed E-state index contributed by atoms with van der Waals surface area (Å²) in [6.45, 7) is 0. The number of carbonyl (C=O) groups is 1. The molecule has 2 rings (SSSR count). The summed E-state index contributed by atoms with van der Waals surface area (Å²) >= 11 is 6.38. The van der Waals surface area contributed by atoms with Crippen LogP contribution in [0.2, 0.25) is 0 Å². The van der Waals surface area contributed by atoms with Gasteiger partial charge in [-0.25, -0.2) is 0 Å². The molecule has 1 aliphatic carbocycles. The van der Waals surface area contributed by atoms with Crippen LogP contribution in [-0.2, 0) is 9.63 Å². The lowest BCUT2D eigenvalue weighted by Crippen LogP contribution is -2.14. The Labute approximate surface area is 119 Å². The van der Waals surface area contributed by atoms with Crippen molar-refractivity contribution in [3.63, 3.8) is 0 Å². The third kappa shape index (κ3) is 3.79. The van der Waals surface area contributed by atoms with Crippen molar-refractivity contribution in [2.45, 2.75) is 31.8 Å². The second-order valence-corrected chi connectivity index (χ2v) is 4.81. The number of nitrogen functional groups attached to an aromatic ring is 1. The van der Waals surface area contributed by atoms with Gasteiger partial charge in [-0.05, 0) is 37.3 Å². The highest BCUT2D eigenvalue weighted by Gasteiger charge is 2.21. The Hall–Kier alpha value is -0.920. The van der Waals surface area contributed by atoms with Gasteiger partial charge >= 0.3 is 0 Å². The fraction of sp³-hybridized carbons (Fsp3) is 0.556. The Morgan fingerprint density at radius 3 is 2.67 bits per heavy atom. The van der Waals surface area contributed by atoms with E-state index in [1.54, 1.807) is 0 Å². The highest BCUT2D eigenvalue weighted by atomic mass is 35.5. The van der Waals surface area contributed by atoms with Crippen LogP contribution in [0.1, 0.15) is 31.5 Å². The van der Waals surface area contributed by atoms with E-state index in [9.17, 15) is 4.79 Å². The topological polar surface area (TPSA) is 90.5 Å². The van der Waals surface area contributed by atoms with Crippen molar-refractivity contribution in [2.75, 3.05) is 5.73 Å². The van der Waals surface area contributed by atoms with Crippen molar-refractivity contribution in [3.05, 3.63) is 5.82 Å². The maximum atomic E-state index is 11.2. The summed E-state index contributed by atoms with van der Waals surface area (Å²) in [4.78, 5) is 20.3. The number of anilines is 1. The van der Waals surface area contributed by atoms with E-state index in [-0.39, 0.29) is 35.2 Å². The summed E-state index contributed by atoms with van der Waals surface area (Å²) in [7, 11) is 0. The molecule has 6 nitrogen and oxygen atoms in total. The molecule has 1 aromatic rings. The van der Waals surface area contributed by atoms with Gasteiger partial charge in [0, 0.05) is 11.5 Å². The van der Waals surface area contributed by atoms with Crippen LogP contribution in [0.4, 0.5) is 5.13 Å². The van der Waals surface area contributed by atoms with E-state index in [0.717, 1.165) is 37.2 Å². The maximum Gasteiger partial charge on any atom is 0.278 e. The van der Waals surface area contributed by atoms with Crippen molar-refractivity contribution in [1.82, 2.24) is 9.36 Å². The largest absolute Gasteiger partial charge is 0.392 e. The van der Waals surface area contributed by atoms with Crippen molar-refractivity contribution in [3.8, 4) is 0 Å². The quantitative estimate of drug-likeness (QED) is 0.521. The van der Waals surface area contributed by atoms with E-state index in [1.807, 2.05) is 0 Å². The predicted octanol–water partition coefficient (Wildman–Crippen LogP) is 1.97. The zero-order chi connectivity index (χ0) is 12.3. The van der Waals surface area contributed by atoms with Gasteiger partial charge in [0.2, 0.25) is 11.5 Å². The smallest absolute Gasteiger partial charge is 0.278 e. The molecule has 18 heavy (non-hydrogen) atoms. The first-order chi connectivity index (χ1) is 8.16. The molecule has 1 aliphatic rings. The van der Waals surface area contributed by atoms with Crippen LogP contribution in [0.15, 0.2) is 5.16 Å². The molecule has 1 fully saturated rings. The molecule has 0 aromatic carbocycles. The van der Waals surface area contributed by atoms with Crippen LogP contribution in [-0.4, -0.2) is 26.4 Å². The van der Waals surface area contributed by atoms with Gasteiger partial charge in [0.1, 0.15) is 6.10 Å². The normalized spacial score (nSPS) is 16.4. The van der Waals surface area contributed by atoms with Gasteiger partial charge in [0.15, 0.2) is 5.13 Å². The third-order valence-corrected chi connectivity index (χ3v) is 3.16. The second kappa shape index (κ2) is 6.86. The monoisotopic (exact) mass is 310 g/mol. The molecule has 0 saturated heterocycles.